The van der Waals surface area contributed by atoms with Crippen LogP contribution in [0, 0.1) is 11.3 Å². The molecular formula is C17H24O3. The summed E-state index contributed by atoms with van der Waals surface area (Å²) in [5.41, 5.74) is 0.779. The first-order chi connectivity index (χ1) is 9.37. The van der Waals surface area contributed by atoms with Gasteiger partial charge in [0.2, 0.25) is 0 Å². The molecule has 1 saturated carbocycles. The van der Waals surface area contributed by atoms with Gasteiger partial charge in [0, 0.05) is 0 Å². The van der Waals surface area contributed by atoms with Crippen molar-refractivity contribution in [2.75, 3.05) is 0 Å². The second kappa shape index (κ2) is 5.96. The Labute approximate surface area is 121 Å². The van der Waals surface area contributed by atoms with Crippen LogP contribution >= 0.6 is 0 Å². The van der Waals surface area contributed by atoms with Crippen molar-refractivity contribution < 1.29 is 14.6 Å². The van der Waals surface area contributed by atoms with Gasteiger partial charge in [0.05, 0.1) is 0 Å². The van der Waals surface area contributed by atoms with Gasteiger partial charge in [-0.15, -0.1) is 0 Å². The molecule has 0 saturated heterocycles. The SMILES string of the molecule is CC1CC(OC(=O)[C@H](O)c2ccccc2)CC(C)(C)C1. The molecule has 0 bridgehead atoms. The number of carbonyl (C=O) groups excluding carboxylic acids is 1. The number of rotatable bonds is 3. The number of aliphatic hydroxyl groups is 1. The zero-order chi connectivity index (χ0) is 14.8. The first kappa shape index (κ1) is 15.0. The normalized spacial score (nSPS) is 26.8. The topological polar surface area (TPSA) is 46.5 Å². The molecule has 0 heterocycles. The molecular weight excluding hydrogens is 252 g/mol. The smallest absolute Gasteiger partial charge is 0.339 e. The molecule has 20 heavy (non-hydrogen) atoms. The maximum Gasteiger partial charge on any atom is 0.339 e. The fourth-order valence-electron chi connectivity index (χ4n) is 3.35. The third-order valence-electron chi connectivity index (χ3n) is 3.97. The Morgan fingerprint density at radius 1 is 1.30 bits per heavy atom. The quantitative estimate of drug-likeness (QED) is 0.860. The van der Waals surface area contributed by atoms with Gasteiger partial charge in [0.25, 0.3) is 0 Å². The van der Waals surface area contributed by atoms with Crippen LogP contribution in [-0.4, -0.2) is 17.2 Å². The third kappa shape index (κ3) is 3.83. The Bertz CT molecular complexity index is 453. The molecule has 2 rings (SSSR count). The molecule has 0 aromatic heterocycles. The lowest BCUT2D eigenvalue weighted by Crippen LogP contribution is -2.35. The monoisotopic (exact) mass is 276 g/mol. The lowest BCUT2D eigenvalue weighted by molar-refractivity contribution is -0.163. The fourth-order valence-corrected chi connectivity index (χ4v) is 3.35. The van der Waals surface area contributed by atoms with Gasteiger partial charge in [-0.3, -0.25) is 0 Å². The zero-order valence-corrected chi connectivity index (χ0v) is 12.5. The van der Waals surface area contributed by atoms with E-state index in [1.165, 1.54) is 0 Å². The van der Waals surface area contributed by atoms with Crippen molar-refractivity contribution in [3.8, 4) is 0 Å². The average molecular weight is 276 g/mol. The molecule has 0 radical (unpaired) electrons. The Kier molecular flexibility index (Phi) is 4.48. The standard InChI is InChI=1S/C17H24O3/c1-12-9-14(11-17(2,3)10-12)20-16(19)15(18)13-7-5-4-6-8-13/h4-8,12,14-15,18H,9-11H2,1-3H3/t12?,14?,15-/m1/s1. The Morgan fingerprint density at radius 2 is 1.95 bits per heavy atom. The van der Waals surface area contributed by atoms with Crippen LogP contribution in [0.15, 0.2) is 30.3 Å². The fraction of sp³-hybridized carbons (Fsp3) is 0.588. The van der Waals surface area contributed by atoms with Crippen LogP contribution < -0.4 is 0 Å². The van der Waals surface area contributed by atoms with Gasteiger partial charge in [-0.1, -0.05) is 51.1 Å². The van der Waals surface area contributed by atoms with Crippen LogP contribution in [0.2, 0.25) is 0 Å². The van der Waals surface area contributed by atoms with Gasteiger partial charge in [0.15, 0.2) is 6.10 Å². The lowest BCUT2D eigenvalue weighted by Gasteiger charge is -2.38. The van der Waals surface area contributed by atoms with E-state index >= 15 is 0 Å². The van der Waals surface area contributed by atoms with Crippen molar-refractivity contribution in [1.29, 1.82) is 0 Å². The number of carbonyl (C=O) groups is 1. The third-order valence-corrected chi connectivity index (χ3v) is 3.97. The summed E-state index contributed by atoms with van der Waals surface area (Å²) < 4.78 is 5.52. The minimum absolute atomic E-state index is 0.0837. The molecule has 1 aromatic carbocycles. The number of hydrogen-bond acceptors (Lipinski definition) is 3. The summed E-state index contributed by atoms with van der Waals surface area (Å²) >= 11 is 0. The van der Waals surface area contributed by atoms with E-state index in [9.17, 15) is 9.90 Å². The van der Waals surface area contributed by atoms with Crippen molar-refractivity contribution >= 4 is 5.97 Å². The molecule has 2 unspecified atom stereocenters. The highest BCUT2D eigenvalue weighted by atomic mass is 16.6. The zero-order valence-electron chi connectivity index (χ0n) is 12.5. The summed E-state index contributed by atoms with van der Waals surface area (Å²) in [5.74, 6) is 0.0107. The predicted octanol–water partition coefficient (Wildman–Crippen LogP) is 3.48. The minimum atomic E-state index is -1.18. The molecule has 110 valence electrons. The Hall–Kier alpha value is -1.35. The van der Waals surface area contributed by atoms with Gasteiger partial charge in [-0.05, 0) is 36.2 Å². The van der Waals surface area contributed by atoms with Gasteiger partial charge < -0.3 is 9.84 Å². The van der Waals surface area contributed by atoms with Gasteiger partial charge in [-0.25, -0.2) is 4.79 Å². The number of benzene rings is 1. The highest BCUT2D eigenvalue weighted by Gasteiger charge is 2.35. The number of esters is 1. The van der Waals surface area contributed by atoms with Crippen molar-refractivity contribution in [2.45, 2.75) is 52.2 Å². The second-order valence-electron chi connectivity index (χ2n) is 6.79. The van der Waals surface area contributed by atoms with Crippen molar-refractivity contribution in [3.05, 3.63) is 35.9 Å². The maximum atomic E-state index is 12.1. The van der Waals surface area contributed by atoms with E-state index in [0.29, 0.717) is 11.5 Å². The maximum absolute atomic E-state index is 12.1. The van der Waals surface area contributed by atoms with Crippen LogP contribution in [0.3, 0.4) is 0 Å². The molecule has 0 amide bonds. The summed E-state index contributed by atoms with van der Waals surface area (Å²) in [6.45, 7) is 6.60. The first-order valence-corrected chi connectivity index (χ1v) is 7.31. The number of aliphatic hydroxyl groups excluding tert-OH is 1. The van der Waals surface area contributed by atoms with Crippen molar-refractivity contribution in [3.63, 3.8) is 0 Å². The van der Waals surface area contributed by atoms with Crippen LogP contribution in [0.5, 0.6) is 0 Å². The van der Waals surface area contributed by atoms with Crippen LogP contribution in [0.25, 0.3) is 0 Å². The molecule has 1 N–H and O–H groups in total. The Balaban J connectivity index is 1.97. The van der Waals surface area contributed by atoms with E-state index < -0.39 is 12.1 Å². The summed E-state index contributed by atoms with van der Waals surface area (Å²) in [6, 6.07) is 8.93. The van der Waals surface area contributed by atoms with Crippen molar-refractivity contribution in [2.24, 2.45) is 11.3 Å². The largest absolute Gasteiger partial charge is 0.460 e. The number of hydrogen-bond donors (Lipinski definition) is 1. The molecule has 1 fully saturated rings. The highest BCUT2D eigenvalue weighted by molar-refractivity contribution is 5.76. The lowest BCUT2D eigenvalue weighted by atomic mass is 9.71. The van der Waals surface area contributed by atoms with E-state index in [0.717, 1.165) is 19.3 Å². The average Bonchev–Trinajstić information content (AvgIpc) is 2.36. The van der Waals surface area contributed by atoms with E-state index in [2.05, 4.69) is 20.8 Å². The van der Waals surface area contributed by atoms with E-state index in [4.69, 9.17) is 4.74 Å². The van der Waals surface area contributed by atoms with E-state index in [1.807, 2.05) is 6.07 Å². The van der Waals surface area contributed by atoms with Crippen LogP contribution in [0.4, 0.5) is 0 Å². The van der Waals surface area contributed by atoms with Crippen LogP contribution in [-0.2, 0) is 9.53 Å². The highest BCUT2D eigenvalue weighted by Crippen LogP contribution is 2.40. The molecule has 3 nitrogen and oxygen atoms in total. The molecule has 1 aliphatic carbocycles. The van der Waals surface area contributed by atoms with Gasteiger partial charge in [-0.2, -0.15) is 0 Å². The summed E-state index contributed by atoms with van der Waals surface area (Å²) in [5, 5.41) is 10.0. The molecule has 1 aromatic rings. The van der Waals surface area contributed by atoms with E-state index in [1.54, 1.807) is 24.3 Å². The van der Waals surface area contributed by atoms with Crippen LogP contribution in [0.1, 0.15) is 51.7 Å². The number of ether oxygens (including phenoxy) is 1. The van der Waals surface area contributed by atoms with Crippen molar-refractivity contribution in [1.82, 2.24) is 0 Å². The molecule has 3 heteroatoms. The summed E-state index contributed by atoms with van der Waals surface area (Å²) in [7, 11) is 0. The van der Waals surface area contributed by atoms with E-state index in [-0.39, 0.29) is 11.5 Å². The minimum Gasteiger partial charge on any atom is -0.460 e. The summed E-state index contributed by atoms with van der Waals surface area (Å²) in [6.07, 6.45) is 1.64. The molecule has 1 aliphatic rings. The molecule has 0 spiro atoms. The van der Waals surface area contributed by atoms with Gasteiger partial charge >= 0.3 is 5.97 Å². The van der Waals surface area contributed by atoms with Gasteiger partial charge in [0.1, 0.15) is 6.10 Å². The second-order valence-corrected chi connectivity index (χ2v) is 6.79. The predicted molar refractivity (Wildman–Crippen MR) is 78.1 cm³/mol. The molecule has 0 aliphatic heterocycles. The Morgan fingerprint density at radius 3 is 2.55 bits per heavy atom. The molecule has 3 atom stereocenters. The first-order valence-electron chi connectivity index (χ1n) is 7.31. The summed E-state index contributed by atoms with van der Waals surface area (Å²) in [4.78, 5) is 12.1.